The van der Waals surface area contributed by atoms with E-state index in [1.54, 1.807) is 37.1 Å². The molecule has 140 valence electrons. The molecule has 0 amide bonds. The second-order valence-electron chi connectivity index (χ2n) is 5.76. The van der Waals surface area contributed by atoms with E-state index in [2.05, 4.69) is 10.3 Å². The first-order valence-corrected chi connectivity index (χ1v) is 8.54. The number of benzene rings is 1. The third-order valence-electron chi connectivity index (χ3n) is 3.91. The number of pyridine rings is 1. The van der Waals surface area contributed by atoms with Gasteiger partial charge in [-0.05, 0) is 36.6 Å². The first-order chi connectivity index (χ1) is 12.6. The molecule has 1 aromatic heterocycles. The maximum absolute atomic E-state index is 11.6. The highest BCUT2D eigenvalue weighted by molar-refractivity contribution is 5.77. The fourth-order valence-corrected chi connectivity index (χ4v) is 2.48. The zero-order valence-electron chi connectivity index (χ0n) is 15.3. The van der Waals surface area contributed by atoms with Gasteiger partial charge in [0.25, 0.3) is 0 Å². The molecule has 2 rings (SSSR count). The molecule has 0 saturated heterocycles. The number of hydrogen-bond donors (Lipinski definition) is 2. The third-order valence-corrected chi connectivity index (χ3v) is 3.91. The normalized spacial score (nSPS) is 11.2. The molecule has 0 fully saturated rings. The summed E-state index contributed by atoms with van der Waals surface area (Å²) in [6, 6.07) is 10.8. The summed E-state index contributed by atoms with van der Waals surface area (Å²) in [4.78, 5) is 15.9. The topological polar surface area (TPSA) is 90.9 Å². The molecule has 0 radical (unpaired) electrons. The van der Waals surface area contributed by atoms with Crippen molar-refractivity contribution in [3.05, 3.63) is 58.5 Å². The SMILES string of the molecule is COc1ccc(CN=C(N)NCCCCn2ccccc2=O)cc1OC. The van der Waals surface area contributed by atoms with Gasteiger partial charge >= 0.3 is 0 Å². The Morgan fingerprint density at radius 3 is 2.69 bits per heavy atom. The smallest absolute Gasteiger partial charge is 0.250 e. The molecular formula is C19H26N4O3. The number of ether oxygens (including phenoxy) is 2. The van der Waals surface area contributed by atoms with Gasteiger partial charge in [-0.3, -0.25) is 4.79 Å². The van der Waals surface area contributed by atoms with Crippen molar-refractivity contribution < 1.29 is 9.47 Å². The van der Waals surface area contributed by atoms with Gasteiger partial charge in [0.15, 0.2) is 17.5 Å². The van der Waals surface area contributed by atoms with Crippen molar-refractivity contribution in [2.75, 3.05) is 20.8 Å². The molecule has 0 aliphatic heterocycles. The average Bonchev–Trinajstić information content (AvgIpc) is 2.67. The van der Waals surface area contributed by atoms with Crippen LogP contribution in [-0.2, 0) is 13.1 Å². The number of aliphatic imine (C=N–C) groups is 1. The number of nitrogens with one attached hydrogen (secondary N) is 1. The van der Waals surface area contributed by atoms with Gasteiger partial charge in [-0.1, -0.05) is 12.1 Å². The van der Waals surface area contributed by atoms with Crippen LogP contribution in [0.25, 0.3) is 0 Å². The molecular weight excluding hydrogens is 332 g/mol. The van der Waals surface area contributed by atoms with E-state index in [0.717, 1.165) is 18.4 Å². The fourth-order valence-electron chi connectivity index (χ4n) is 2.48. The molecule has 7 nitrogen and oxygen atoms in total. The zero-order chi connectivity index (χ0) is 18.8. The molecule has 0 aliphatic rings. The van der Waals surface area contributed by atoms with Gasteiger partial charge in [0.2, 0.25) is 5.56 Å². The van der Waals surface area contributed by atoms with Crippen LogP contribution in [-0.4, -0.2) is 31.3 Å². The summed E-state index contributed by atoms with van der Waals surface area (Å²) in [7, 11) is 3.20. The number of aryl methyl sites for hydroxylation is 1. The highest BCUT2D eigenvalue weighted by Crippen LogP contribution is 2.27. The van der Waals surface area contributed by atoms with Gasteiger partial charge in [-0.2, -0.15) is 0 Å². The number of aromatic nitrogens is 1. The van der Waals surface area contributed by atoms with Crippen molar-refractivity contribution in [3.63, 3.8) is 0 Å². The Morgan fingerprint density at radius 1 is 1.15 bits per heavy atom. The van der Waals surface area contributed by atoms with E-state index >= 15 is 0 Å². The highest BCUT2D eigenvalue weighted by atomic mass is 16.5. The molecule has 2 aromatic rings. The molecule has 3 N–H and O–H groups in total. The maximum Gasteiger partial charge on any atom is 0.250 e. The van der Waals surface area contributed by atoms with Crippen LogP contribution in [0.2, 0.25) is 0 Å². The summed E-state index contributed by atoms with van der Waals surface area (Å²) in [5.74, 6) is 1.75. The summed E-state index contributed by atoms with van der Waals surface area (Å²) >= 11 is 0. The van der Waals surface area contributed by atoms with Crippen LogP contribution in [0.1, 0.15) is 18.4 Å². The molecule has 1 heterocycles. The van der Waals surface area contributed by atoms with Crippen LogP contribution >= 0.6 is 0 Å². The lowest BCUT2D eigenvalue weighted by Crippen LogP contribution is -2.32. The quantitative estimate of drug-likeness (QED) is 0.405. The standard InChI is InChI=1S/C19H26N4O3/c1-25-16-9-8-15(13-17(16)26-2)14-22-19(20)21-10-4-6-12-23-11-5-3-7-18(23)24/h3,5,7-9,11,13H,4,6,10,12,14H2,1-2H3,(H3,20,21,22). The van der Waals surface area contributed by atoms with Gasteiger partial charge in [0.1, 0.15) is 0 Å². The number of methoxy groups -OCH3 is 2. The highest BCUT2D eigenvalue weighted by Gasteiger charge is 2.04. The minimum Gasteiger partial charge on any atom is -0.493 e. The first kappa shape index (κ1) is 19.4. The lowest BCUT2D eigenvalue weighted by molar-refractivity contribution is 0.354. The lowest BCUT2D eigenvalue weighted by Gasteiger charge is -2.09. The molecule has 26 heavy (non-hydrogen) atoms. The molecule has 0 bridgehead atoms. The largest absolute Gasteiger partial charge is 0.493 e. The van der Waals surface area contributed by atoms with Gasteiger partial charge < -0.3 is 25.1 Å². The maximum atomic E-state index is 11.6. The molecule has 0 aliphatic carbocycles. The number of guanidine groups is 1. The summed E-state index contributed by atoms with van der Waals surface area (Å²) in [5.41, 5.74) is 6.90. The van der Waals surface area contributed by atoms with Crippen molar-refractivity contribution in [2.24, 2.45) is 10.7 Å². The van der Waals surface area contributed by atoms with E-state index in [-0.39, 0.29) is 5.56 Å². The van der Waals surface area contributed by atoms with Crippen LogP contribution in [0.3, 0.4) is 0 Å². The number of nitrogens with zero attached hydrogens (tertiary/aromatic N) is 2. The monoisotopic (exact) mass is 358 g/mol. The van der Waals surface area contributed by atoms with Crippen molar-refractivity contribution in [2.45, 2.75) is 25.9 Å². The van der Waals surface area contributed by atoms with Gasteiger partial charge in [-0.25, -0.2) is 4.99 Å². The Balaban J connectivity index is 1.73. The van der Waals surface area contributed by atoms with Crippen LogP contribution < -0.4 is 26.1 Å². The summed E-state index contributed by atoms with van der Waals surface area (Å²) in [5, 5.41) is 3.09. The van der Waals surface area contributed by atoms with Crippen LogP contribution in [0.15, 0.2) is 52.4 Å². The second kappa shape index (κ2) is 10.1. The van der Waals surface area contributed by atoms with Gasteiger partial charge in [-0.15, -0.1) is 0 Å². The molecule has 0 atom stereocenters. The average molecular weight is 358 g/mol. The number of rotatable bonds is 9. The third kappa shape index (κ3) is 5.84. The summed E-state index contributed by atoms with van der Waals surface area (Å²) in [6.07, 6.45) is 3.59. The number of unbranched alkanes of at least 4 members (excludes halogenated alkanes) is 1. The van der Waals surface area contributed by atoms with E-state index in [1.807, 2.05) is 24.3 Å². The van der Waals surface area contributed by atoms with Gasteiger partial charge in [0.05, 0.1) is 20.8 Å². The van der Waals surface area contributed by atoms with Crippen LogP contribution in [0.5, 0.6) is 11.5 Å². The number of hydrogen-bond acceptors (Lipinski definition) is 4. The van der Waals surface area contributed by atoms with Gasteiger partial charge in [0, 0.05) is 25.4 Å². The van der Waals surface area contributed by atoms with Crippen molar-refractivity contribution in [3.8, 4) is 11.5 Å². The minimum atomic E-state index is 0.0245. The van der Waals surface area contributed by atoms with E-state index < -0.39 is 0 Å². The zero-order valence-corrected chi connectivity index (χ0v) is 15.3. The van der Waals surface area contributed by atoms with Crippen molar-refractivity contribution >= 4 is 5.96 Å². The van der Waals surface area contributed by atoms with E-state index in [1.165, 1.54) is 0 Å². The molecule has 0 saturated carbocycles. The van der Waals surface area contributed by atoms with E-state index in [0.29, 0.717) is 37.1 Å². The predicted octanol–water partition coefficient (Wildman–Crippen LogP) is 1.75. The summed E-state index contributed by atoms with van der Waals surface area (Å²) < 4.78 is 12.2. The second-order valence-corrected chi connectivity index (χ2v) is 5.76. The Morgan fingerprint density at radius 2 is 1.96 bits per heavy atom. The molecule has 0 spiro atoms. The Hall–Kier alpha value is -2.96. The molecule has 1 aromatic carbocycles. The molecule has 0 unspecified atom stereocenters. The minimum absolute atomic E-state index is 0.0245. The predicted molar refractivity (Wildman–Crippen MR) is 103 cm³/mol. The molecule has 7 heteroatoms. The summed E-state index contributed by atoms with van der Waals surface area (Å²) in [6.45, 7) is 1.87. The fraction of sp³-hybridized carbons (Fsp3) is 0.368. The van der Waals surface area contributed by atoms with Crippen molar-refractivity contribution in [1.82, 2.24) is 9.88 Å². The van der Waals surface area contributed by atoms with Crippen LogP contribution in [0.4, 0.5) is 0 Å². The van der Waals surface area contributed by atoms with E-state index in [4.69, 9.17) is 15.2 Å². The Kier molecular flexibility index (Phi) is 7.54. The Labute approximate surface area is 153 Å². The first-order valence-electron chi connectivity index (χ1n) is 8.54. The van der Waals surface area contributed by atoms with Crippen LogP contribution in [0, 0.1) is 0 Å². The number of nitrogens with two attached hydrogens (primary N) is 1. The Bertz CT molecular complexity index is 786. The lowest BCUT2D eigenvalue weighted by atomic mass is 10.2. The van der Waals surface area contributed by atoms with E-state index in [9.17, 15) is 4.79 Å². The van der Waals surface area contributed by atoms with Crippen molar-refractivity contribution in [1.29, 1.82) is 0 Å².